The SMILES string of the molecule is COCCOC(=O)c1sc2nc(/C(Cl)=C\c3ccsc3)[nH]c(=O)c2c1C. The molecule has 0 spiro atoms. The second kappa shape index (κ2) is 8.13. The van der Waals surface area contributed by atoms with Crippen molar-refractivity contribution in [3.8, 4) is 0 Å². The van der Waals surface area contributed by atoms with E-state index in [1.807, 2.05) is 16.8 Å². The third-order valence-electron chi connectivity index (χ3n) is 3.57. The normalized spacial score (nSPS) is 11.9. The number of halogens is 1. The Morgan fingerprint density at radius 2 is 2.23 bits per heavy atom. The highest BCUT2D eigenvalue weighted by molar-refractivity contribution is 7.20. The van der Waals surface area contributed by atoms with Crippen LogP contribution < -0.4 is 5.56 Å². The maximum atomic E-state index is 12.5. The van der Waals surface area contributed by atoms with E-state index in [-0.39, 0.29) is 18.0 Å². The molecule has 9 heteroatoms. The number of carbonyl (C=O) groups is 1. The molecular formula is C17H15ClN2O4S2. The minimum atomic E-state index is -0.497. The number of thiophene rings is 2. The van der Waals surface area contributed by atoms with Crippen LogP contribution in [0.25, 0.3) is 21.3 Å². The van der Waals surface area contributed by atoms with Crippen molar-refractivity contribution in [1.82, 2.24) is 9.97 Å². The number of fused-ring (bicyclic) bond motifs is 1. The van der Waals surface area contributed by atoms with Gasteiger partial charge >= 0.3 is 5.97 Å². The van der Waals surface area contributed by atoms with Crippen LogP contribution in [0.3, 0.4) is 0 Å². The van der Waals surface area contributed by atoms with Crippen LogP contribution in [0.5, 0.6) is 0 Å². The molecule has 0 atom stereocenters. The van der Waals surface area contributed by atoms with Gasteiger partial charge in [-0.15, -0.1) is 11.3 Å². The number of ether oxygens (including phenoxy) is 2. The Morgan fingerprint density at radius 1 is 1.42 bits per heavy atom. The predicted octanol–water partition coefficient (Wildman–Crippen LogP) is 3.89. The molecule has 3 aromatic rings. The van der Waals surface area contributed by atoms with Gasteiger partial charge in [-0.1, -0.05) is 11.6 Å². The number of methoxy groups -OCH3 is 1. The maximum absolute atomic E-state index is 12.5. The van der Waals surface area contributed by atoms with E-state index in [0.29, 0.717) is 32.3 Å². The highest BCUT2D eigenvalue weighted by atomic mass is 35.5. The van der Waals surface area contributed by atoms with Crippen molar-refractivity contribution in [3.05, 3.63) is 49.0 Å². The average molecular weight is 411 g/mol. The first kappa shape index (κ1) is 18.8. The Hall–Kier alpha value is -2.00. The first-order valence-corrected chi connectivity index (χ1v) is 9.74. The van der Waals surface area contributed by atoms with Crippen LogP contribution in [0.1, 0.15) is 26.6 Å². The summed E-state index contributed by atoms with van der Waals surface area (Å²) < 4.78 is 10.00. The molecule has 0 aliphatic rings. The van der Waals surface area contributed by atoms with Crippen LogP contribution >= 0.6 is 34.3 Å². The average Bonchev–Trinajstić information content (AvgIpc) is 3.23. The zero-order valence-corrected chi connectivity index (χ0v) is 16.4. The predicted molar refractivity (Wildman–Crippen MR) is 105 cm³/mol. The monoisotopic (exact) mass is 410 g/mol. The maximum Gasteiger partial charge on any atom is 0.348 e. The van der Waals surface area contributed by atoms with E-state index in [1.165, 1.54) is 7.11 Å². The lowest BCUT2D eigenvalue weighted by Gasteiger charge is -2.02. The van der Waals surface area contributed by atoms with Gasteiger partial charge in [-0.3, -0.25) is 4.79 Å². The summed E-state index contributed by atoms with van der Waals surface area (Å²) in [6.45, 7) is 2.15. The molecule has 6 nitrogen and oxygen atoms in total. The summed E-state index contributed by atoms with van der Waals surface area (Å²) in [5.74, 6) is -0.237. The second-order valence-electron chi connectivity index (χ2n) is 5.33. The molecule has 0 saturated heterocycles. The van der Waals surface area contributed by atoms with Gasteiger partial charge in [0.1, 0.15) is 16.3 Å². The van der Waals surface area contributed by atoms with Gasteiger partial charge in [0.25, 0.3) is 5.56 Å². The van der Waals surface area contributed by atoms with Gasteiger partial charge in [-0.25, -0.2) is 9.78 Å². The number of aromatic amines is 1. The number of nitrogens with zero attached hydrogens (tertiary/aromatic N) is 1. The van der Waals surface area contributed by atoms with Gasteiger partial charge in [-0.05, 0) is 41.0 Å². The summed E-state index contributed by atoms with van der Waals surface area (Å²) >= 11 is 8.95. The highest BCUT2D eigenvalue weighted by Crippen LogP contribution is 2.29. The number of aromatic nitrogens is 2. The fraction of sp³-hybridized carbons (Fsp3) is 0.235. The molecule has 0 aliphatic heterocycles. The van der Waals surface area contributed by atoms with Gasteiger partial charge in [0.15, 0.2) is 5.82 Å². The van der Waals surface area contributed by atoms with Crippen molar-refractivity contribution >= 4 is 61.6 Å². The summed E-state index contributed by atoms with van der Waals surface area (Å²) in [6, 6.07) is 1.91. The van der Waals surface area contributed by atoms with Crippen LogP contribution in [-0.2, 0) is 9.47 Å². The molecule has 26 heavy (non-hydrogen) atoms. The molecule has 1 N–H and O–H groups in total. The standard InChI is InChI=1S/C17H15ClN2O4S2/c1-9-12-15(21)19-14(11(18)7-10-3-6-25-8-10)20-16(12)26-13(9)17(22)24-5-4-23-2/h3,6-8H,4-5H2,1-2H3,(H,19,20,21)/b11-7+. The largest absolute Gasteiger partial charge is 0.459 e. The molecule has 0 saturated carbocycles. The molecule has 0 aromatic carbocycles. The molecule has 136 valence electrons. The van der Waals surface area contributed by atoms with Crippen LogP contribution in [0.15, 0.2) is 21.6 Å². The smallest absolute Gasteiger partial charge is 0.348 e. The number of rotatable bonds is 6. The Balaban J connectivity index is 1.98. The van der Waals surface area contributed by atoms with Crippen LogP contribution in [-0.4, -0.2) is 36.3 Å². The van der Waals surface area contributed by atoms with Gasteiger partial charge in [-0.2, -0.15) is 11.3 Å². The van der Waals surface area contributed by atoms with E-state index in [1.54, 1.807) is 24.3 Å². The van der Waals surface area contributed by atoms with E-state index in [9.17, 15) is 9.59 Å². The number of aryl methyl sites for hydroxylation is 1. The van der Waals surface area contributed by atoms with Crippen molar-refractivity contribution in [2.75, 3.05) is 20.3 Å². The summed E-state index contributed by atoms with van der Waals surface area (Å²) in [5.41, 5.74) is 1.13. The summed E-state index contributed by atoms with van der Waals surface area (Å²) in [6.07, 6.45) is 1.72. The summed E-state index contributed by atoms with van der Waals surface area (Å²) in [5, 5.41) is 4.55. The molecular weight excluding hydrogens is 396 g/mol. The first-order valence-electron chi connectivity index (χ1n) is 7.60. The second-order valence-corrected chi connectivity index (χ2v) is 7.51. The van der Waals surface area contributed by atoms with Crippen molar-refractivity contribution in [2.45, 2.75) is 6.92 Å². The van der Waals surface area contributed by atoms with Crippen molar-refractivity contribution in [2.24, 2.45) is 0 Å². The lowest BCUT2D eigenvalue weighted by molar-refractivity contribution is 0.0393. The first-order chi connectivity index (χ1) is 12.5. The number of H-pyrrole nitrogens is 1. The molecule has 0 bridgehead atoms. The summed E-state index contributed by atoms with van der Waals surface area (Å²) in [4.78, 5) is 32.6. The lowest BCUT2D eigenvalue weighted by atomic mass is 10.2. The number of carbonyl (C=O) groups excluding carboxylic acids is 1. The quantitative estimate of drug-likeness (QED) is 0.492. The third kappa shape index (κ3) is 3.88. The molecule has 3 aromatic heterocycles. The van der Waals surface area contributed by atoms with E-state index in [2.05, 4.69) is 9.97 Å². The number of hydrogen-bond donors (Lipinski definition) is 1. The summed E-state index contributed by atoms with van der Waals surface area (Å²) in [7, 11) is 1.52. The minimum absolute atomic E-state index is 0.146. The van der Waals surface area contributed by atoms with Gasteiger partial charge in [0.2, 0.25) is 0 Å². The topological polar surface area (TPSA) is 81.3 Å². The Morgan fingerprint density at radius 3 is 2.92 bits per heavy atom. The molecule has 0 radical (unpaired) electrons. The number of nitrogens with one attached hydrogen (secondary N) is 1. The van der Waals surface area contributed by atoms with E-state index < -0.39 is 5.97 Å². The Labute approximate surface area is 162 Å². The fourth-order valence-corrected chi connectivity index (χ4v) is 4.22. The van der Waals surface area contributed by atoms with Gasteiger partial charge in [0, 0.05) is 7.11 Å². The lowest BCUT2D eigenvalue weighted by Crippen LogP contribution is -2.11. The molecule has 0 unspecified atom stereocenters. The van der Waals surface area contributed by atoms with Crippen molar-refractivity contribution in [3.63, 3.8) is 0 Å². The molecule has 3 rings (SSSR count). The fourth-order valence-electron chi connectivity index (χ4n) is 2.31. The van der Waals surface area contributed by atoms with Crippen LogP contribution in [0.4, 0.5) is 0 Å². The Kier molecular flexibility index (Phi) is 5.87. The molecule has 0 fully saturated rings. The van der Waals surface area contributed by atoms with E-state index in [4.69, 9.17) is 21.1 Å². The van der Waals surface area contributed by atoms with Crippen molar-refractivity contribution in [1.29, 1.82) is 0 Å². The van der Waals surface area contributed by atoms with Gasteiger partial charge in [0.05, 0.1) is 17.0 Å². The molecule has 3 heterocycles. The molecule has 0 aliphatic carbocycles. The van der Waals surface area contributed by atoms with Crippen LogP contribution in [0.2, 0.25) is 0 Å². The van der Waals surface area contributed by atoms with Crippen molar-refractivity contribution < 1.29 is 14.3 Å². The number of hydrogen-bond acceptors (Lipinski definition) is 7. The molecule has 0 amide bonds. The van der Waals surface area contributed by atoms with E-state index >= 15 is 0 Å². The van der Waals surface area contributed by atoms with Gasteiger partial charge < -0.3 is 14.5 Å². The van der Waals surface area contributed by atoms with E-state index in [0.717, 1.165) is 16.9 Å². The third-order valence-corrected chi connectivity index (χ3v) is 5.72. The Bertz CT molecular complexity index is 1020. The minimum Gasteiger partial charge on any atom is -0.459 e. The highest BCUT2D eigenvalue weighted by Gasteiger charge is 2.20. The van der Waals surface area contributed by atoms with Crippen LogP contribution in [0, 0.1) is 6.92 Å². The number of esters is 1. The zero-order chi connectivity index (χ0) is 18.7. The zero-order valence-electron chi connectivity index (χ0n) is 14.0.